The van der Waals surface area contributed by atoms with Gasteiger partial charge in [0.15, 0.2) is 0 Å². The van der Waals surface area contributed by atoms with E-state index in [1.54, 1.807) is 18.7 Å². The first-order valence-corrected chi connectivity index (χ1v) is 12.5. The van der Waals surface area contributed by atoms with Crippen molar-refractivity contribution in [1.82, 2.24) is 29.5 Å². The Morgan fingerprint density at radius 2 is 2.11 bits per heavy atom. The number of hydrogen-bond donors (Lipinski definition) is 2. The summed E-state index contributed by atoms with van der Waals surface area (Å²) >= 11 is 0. The Balaban J connectivity index is 1.39. The minimum absolute atomic E-state index is 0.0537. The van der Waals surface area contributed by atoms with Gasteiger partial charge in [-0.15, -0.1) is 0 Å². The zero-order chi connectivity index (χ0) is 25.9. The van der Waals surface area contributed by atoms with E-state index >= 15 is 0 Å². The number of aromatic nitrogens is 4. The Kier molecular flexibility index (Phi) is 8.04. The molecule has 1 atom stereocenters. The van der Waals surface area contributed by atoms with Gasteiger partial charge in [0, 0.05) is 45.2 Å². The minimum atomic E-state index is -2.71. The summed E-state index contributed by atoms with van der Waals surface area (Å²) in [4.78, 5) is 25.1. The average molecular weight is 507 g/mol. The number of hydrogen-bond acceptors (Lipinski definition) is 8. The smallest absolute Gasteiger partial charge is 0.268 e. The van der Waals surface area contributed by atoms with Crippen LogP contribution in [0.1, 0.15) is 56.8 Å². The molecule has 10 nitrogen and oxygen atoms in total. The summed E-state index contributed by atoms with van der Waals surface area (Å²) in [6.07, 6.45) is 2.73. The van der Waals surface area contributed by atoms with Crippen LogP contribution in [-0.2, 0) is 9.53 Å². The maximum atomic E-state index is 13.6. The molecule has 1 amide bonds. The number of amides is 1. The Bertz CT molecular complexity index is 1060. The van der Waals surface area contributed by atoms with E-state index in [1.807, 2.05) is 17.8 Å². The Morgan fingerprint density at radius 3 is 2.83 bits per heavy atom. The highest BCUT2D eigenvalue weighted by atomic mass is 19.3. The first-order valence-electron chi connectivity index (χ1n) is 12.5. The van der Waals surface area contributed by atoms with Crippen LogP contribution in [0.2, 0.25) is 0 Å². The van der Waals surface area contributed by atoms with Gasteiger partial charge in [-0.25, -0.2) is 13.8 Å². The third kappa shape index (κ3) is 6.09. The molecule has 2 fully saturated rings. The van der Waals surface area contributed by atoms with Crippen LogP contribution in [0.3, 0.4) is 0 Å². The summed E-state index contributed by atoms with van der Waals surface area (Å²) in [5.41, 5.74) is 0.418. The summed E-state index contributed by atoms with van der Waals surface area (Å²) in [5, 5.41) is 10.8. The molecule has 0 saturated carbocycles. The number of nitrogens with one attached hydrogen (secondary N) is 2. The van der Waals surface area contributed by atoms with E-state index in [0.29, 0.717) is 38.7 Å². The fourth-order valence-electron chi connectivity index (χ4n) is 4.61. The first-order chi connectivity index (χ1) is 17.1. The van der Waals surface area contributed by atoms with Gasteiger partial charge in [-0.3, -0.25) is 9.48 Å². The molecule has 1 unspecified atom stereocenters. The van der Waals surface area contributed by atoms with Gasteiger partial charge in [0.25, 0.3) is 12.3 Å². The molecule has 2 aliphatic heterocycles. The minimum Gasteiger partial charge on any atom is -0.369 e. The van der Waals surface area contributed by atoms with Crippen LogP contribution in [0.4, 0.5) is 26.2 Å². The molecule has 198 valence electrons. The van der Waals surface area contributed by atoms with Gasteiger partial charge in [0.05, 0.1) is 23.0 Å². The molecule has 0 radical (unpaired) electrons. The lowest BCUT2D eigenvalue weighted by atomic mass is 10.1. The van der Waals surface area contributed by atoms with Crippen molar-refractivity contribution in [2.24, 2.45) is 0 Å². The van der Waals surface area contributed by atoms with Gasteiger partial charge in [0.2, 0.25) is 5.95 Å². The third-order valence-electron chi connectivity index (χ3n) is 6.69. The van der Waals surface area contributed by atoms with Crippen molar-refractivity contribution in [3.8, 4) is 0 Å². The lowest BCUT2D eigenvalue weighted by molar-refractivity contribution is -0.149. The van der Waals surface area contributed by atoms with Crippen molar-refractivity contribution in [3.05, 3.63) is 23.7 Å². The predicted molar refractivity (Wildman–Crippen MR) is 133 cm³/mol. The van der Waals surface area contributed by atoms with Crippen LogP contribution >= 0.6 is 0 Å². The highest BCUT2D eigenvalue weighted by Crippen LogP contribution is 2.28. The van der Waals surface area contributed by atoms with E-state index < -0.39 is 12.0 Å². The third-order valence-corrected chi connectivity index (χ3v) is 6.69. The number of likely N-dealkylation sites (N-methyl/N-ethyl adjacent to an activating group) is 1. The van der Waals surface area contributed by atoms with Crippen molar-refractivity contribution < 1.29 is 18.3 Å². The Morgan fingerprint density at radius 1 is 1.31 bits per heavy atom. The quantitative estimate of drug-likeness (QED) is 0.500. The van der Waals surface area contributed by atoms with Crippen molar-refractivity contribution in [2.45, 2.75) is 58.1 Å². The van der Waals surface area contributed by atoms with E-state index in [0.717, 1.165) is 43.5 Å². The molecule has 4 heterocycles. The standard InChI is InChI=1S/C24H36F2N8O2/c1-16-19(15-34(31-16)17-7-11-32(4)14-17)29-23-28-13-18(20(25)26)21(30-23)27-8-5-9-33-10-6-12-36-24(2,3)22(33)35/h13,15,17,20H,5-12,14H2,1-4H3,(H2,27,28,29,30). The maximum Gasteiger partial charge on any atom is 0.268 e. The maximum absolute atomic E-state index is 13.6. The largest absolute Gasteiger partial charge is 0.369 e. The number of carbonyl (C=O) groups excluding carboxylic acids is 1. The molecule has 4 rings (SSSR count). The second-order valence-corrected chi connectivity index (χ2v) is 10.0. The molecule has 0 aliphatic carbocycles. The van der Waals surface area contributed by atoms with Gasteiger partial charge in [-0.1, -0.05) is 0 Å². The lowest BCUT2D eigenvalue weighted by Crippen LogP contribution is -2.45. The van der Waals surface area contributed by atoms with E-state index in [2.05, 4.69) is 37.6 Å². The molecule has 2 N–H and O–H groups in total. The average Bonchev–Trinajstić information content (AvgIpc) is 3.39. The molecule has 2 aliphatic rings. The first kappa shape index (κ1) is 26.2. The fraction of sp³-hybridized carbons (Fsp3) is 0.667. The second kappa shape index (κ2) is 11.0. The molecule has 2 aromatic heterocycles. The Hall–Kier alpha value is -2.86. The molecule has 2 saturated heterocycles. The van der Waals surface area contributed by atoms with Crippen LogP contribution in [0.15, 0.2) is 12.4 Å². The number of nitrogens with zero attached hydrogens (tertiary/aromatic N) is 6. The summed E-state index contributed by atoms with van der Waals surface area (Å²) in [7, 11) is 2.09. The number of ether oxygens (including phenoxy) is 1. The fourth-order valence-corrected chi connectivity index (χ4v) is 4.61. The predicted octanol–water partition coefficient (Wildman–Crippen LogP) is 3.37. The number of anilines is 3. The molecule has 0 aromatic carbocycles. The number of aryl methyl sites for hydroxylation is 1. The summed E-state index contributed by atoms with van der Waals surface area (Å²) in [6, 6.07) is 0.303. The number of rotatable bonds is 9. The second-order valence-electron chi connectivity index (χ2n) is 10.0. The van der Waals surface area contributed by atoms with E-state index in [9.17, 15) is 13.6 Å². The Labute approximate surface area is 210 Å². The molecular formula is C24H36F2N8O2. The normalized spacial score (nSPS) is 20.7. The summed E-state index contributed by atoms with van der Waals surface area (Å²) < 4.78 is 34.8. The van der Waals surface area contributed by atoms with Crippen molar-refractivity contribution in [2.75, 3.05) is 57.0 Å². The van der Waals surface area contributed by atoms with Crippen LogP contribution in [0.5, 0.6) is 0 Å². The van der Waals surface area contributed by atoms with Crippen LogP contribution in [0, 0.1) is 6.92 Å². The van der Waals surface area contributed by atoms with Crippen LogP contribution in [0.25, 0.3) is 0 Å². The van der Waals surface area contributed by atoms with Gasteiger partial charge < -0.3 is 25.2 Å². The van der Waals surface area contributed by atoms with E-state index in [1.165, 1.54) is 0 Å². The topological polar surface area (TPSA) is 100 Å². The SMILES string of the molecule is Cc1nn(C2CCN(C)C2)cc1Nc1ncc(C(F)F)c(NCCCN2CCCOC(C)(C)C2=O)n1. The lowest BCUT2D eigenvalue weighted by Gasteiger charge is -2.28. The molecule has 2 aromatic rings. The van der Waals surface area contributed by atoms with Gasteiger partial charge in [0.1, 0.15) is 11.4 Å². The summed E-state index contributed by atoms with van der Waals surface area (Å²) in [6.45, 7) is 9.44. The number of halogens is 2. The van der Waals surface area contributed by atoms with E-state index in [-0.39, 0.29) is 23.2 Å². The van der Waals surface area contributed by atoms with E-state index in [4.69, 9.17) is 4.74 Å². The summed E-state index contributed by atoms with van der Waals surface area (Å²) in [5.74, 6) is 0.243. The number of carbonyl (C=O) groups is 1. The zero-order valence-electron chi connectivity index (χ0n) is 21.4. The van der Waals surface area contributed by atoms with Crippen LogP contribution in [-0.4, -0.2) is 87.4 Å². The number of likely N-dealkylation sites (tertiary alicyclic amines) is 1. The monoisotopic (exact) mass is 506 g/mol. The van der Waals surface area contributed by atoms with Gasteiger partial charge in [-0.2, -0.15) is 10.1 Å². The number of alkyl halides is 2. The molecule has 0 bridgehead atoms. The highest BCUT2D eigenvalue weighted by molar-refractivity contribution is 5.84. The van der Waals surface area contributed by atoms with Gasteiger partial charge >= 0.3 is 0 Å². The zero-order valence-corrected chi connectivity index (χ0v) is 21.4. The highest BCUT2D eigenvalue weighted by Gasteiger charge is 2.34. The molecule has 12 heteroatoms. The molecular weight excluding hydrogens is 470 g/mol. The molecule has 36 heavy (non-hydrogen) atoms. The van der Waals surface area contributed by atoms with Crippen molar-refractivity contribution in [3.63, 3.8) is 0 Å². The van der Waals surface area contributed by atoms with Crippen LogP contribution < -0.4 is 10.6 Å². The molecule has 0 spiro atoms. The van der Waals surface area contributed by atoms with Crippen molar-refractivity contribution in [1.29, 1.82) is 0 Å². The van der Waals surface area contributed by atoms with Gasteiger partial charge in [-0.05, 0) is 53.6 Å². The van der Waals surface area contributed by atoms with Crippen molar-refractivity contribution >= 4 is 23.4 Å².